The lowest BCUT2D eigenvalue weighted by Gasteiger charge is -2.41. The van der Waals surface area contributed by atoms with E-state index in [2.05, 4.69) is 45.3 Å². The molecule has 0 aliphatic heterocycles. The molecule has 0 aromatic rings. The van der Waals surface area contributed by atoms with Crippen LogP contribution in [0, 0.1) is 11.3 Å². The Hall–Kier alpha value is -0.570. The van der Waals surface area contributed by atoms with Crippen LogP contribution in [-0.4, -0.2) is 24.5 Å². The van der Waals surface area contributed by atoms with Crippen LogP contribution in [0.2, 0.25) is 0 Å². The second kappa shape index (κ2) is 8.02. The summed E-state index contributed by atoms with van der Waals surface area (Å²) in [6, 6.07) is 0.875. The van der Waals surface area contributed by atoms with Gasteiger partial charge in [0.1, 0.15) is 0 Å². The molecule has 1 aliphatic rings. The molecule has 0 saturated heterocycles. The zero-order valence-corrected chi connectivity index (χ0v) is 14.1. The molecule has 3 atom stereocenters. The van der Waals surface area contributed by atoms with Crippen molar-refractivity contribution in [1.29, 1.82) is 0 Å². The summed E-state index contributed by atoms with van der Waals surface area (Å²) < 4.78 is 0. The molecule has 3 nitrogen and oxygen atoms in total. The molecule has 3 heteroatoms. The van der Waals surface area contributed by atoms with Gasteiger partial charge in [-0.1, -0.05) is 40.5 Å². The van der Waals surface area contributed by atoms with Crippen LogP contribution >= 0.6 is 0 Å². The summed E-state index contributed by atoms with van der Waals surface area (Å²) in [5.41, 5.74) is 0.358. The molecule has 3 unspecified atom stereocenters. The summed E-state index contributed by atoms with van der Waals surface area (Å²) in [4.78, 5) is 11.8. The Balaban J connectivity index is 2.34. The van der Waals surface area contributed by atoms with E-state index >= 15 is 0 Å². The third-order valence-electron chi connectivity index (χ3n) is 4.66. The van der Waals surface area contributed by atoms with Crippen LogP contribution in [0.4, 0.5) is 0 Å². The molecule has 1 fully saturated rings. The molecule has 1 amide bonds. The van der Waals surface area contributed by atoms with Gasteiger partial charge in [-0.25, -0.2) is 0 Å². The monoisotopic (exact) mass is 282 g/mol. The molecule has 0 radical (unpaired) electrons. The quantitative estimate of drug-likeness (QED) is 0.783. The highest BCUT2D eigenvalue weighted by atomic mass is 16.1. The van der Waals surface area contributed by atoms with Crippen LogP contribution in [0.3, 0.4) is 0 Å². The Morgan fingerprint density at radius 3 is 2.50 bits per heavy atom. The molecule has 0 aromatic heterocycles. The molecular formula is C17H34N2O. The van der Waals surface area contributed by atoms with Gasteiger partial charge in [-0.05, 0) is 37.5 Å². The predicted octanol–water partition coefficient (Wildman–Crippen LogP) is 3.49. The molecule has 1 saturated carbocycles. The number of carbonyl (C=O) groups excluding carboxylic acids is 1. The Morgan fingerprint density at radius 1 is 1.25 bits per heavy atom. The van der Waals surface area contributed by atoms with Crippen molar-refractivity contribution in [3.8, 4) is 0 Å². The molecule has 1 rings (SSSR count). The van der Waals surface area contributed by atoms with Gasteiger partial charge in [0.25, 0.3) is 0 Å². The molecule has 0 aromatic carbocycles. The summed E-state index contributed by atoms with van der Waals surface area (Å²) in [6.07, 6.45) is 6.85. The highest BCUT2D eigenvalue weighted by molar-refractivity contribution is 5.76. The van der Waals surface area contributed by atoms with E-state index < -0.39 is 0 Å². The van der Waals surface area contributed by atoms with Crippen LogP contribution in [0.25, 0.3) is 0 Å². The van der Waals surface area contributed by atoms with Crippen molar-refractivity contribution in [2.75, 3.05) is 6.54 Å². The Bertz CT molecular complexity index is 296. The first kappa shape index (κ1) is 17.5. The first-order valence-electron chi connectivity index (χ1n) is 8.37. The predicted molar refractivity (Wildman–Crippen MR) is 85.7 cm³/mol. The number of hydrogen-bond acceptors (Lipinski definition) is 2. The lowest BCUT2D eigenvalue weighted by atomic mass is 9.69. The fraction of sp³-hybridized carbons (Fsp3) is 0.941. The topological polar surface area (TPSA) is 41.1 Å². The minimum atomic E-state index is 0.176. The molecule has 1 aliphatic carbocycles. The van der Waals surface area contributed by atoms with Crippen LogP contribution in [0.15, 0.2) is 0 Å². The standard InChI is InChI=1S/C17H34N2O/c1-6-13(2)19-16(20)11-12-18-15-10-8-7-9-14(15)17(3,4)5/h13-15,18H,6-12H2,1-5H3,(H,19,20). The van der Waals surface area contributed by atoms with E-state index in [1.165, 1.54) is 25.7 Å². The van der Waals surface area contributed by atoms with Crippen LogP contribution < -0.4 is 10.6 Å². The van der Waals surface area contributed by atoms with Crippen LogP contribution in [-0.2, 0) is 4.79 Å². The number of hydrogen-bond donors (Lipinski definition) is 2. The maximum Gasteiger partial charge on any atom is 0.221 e. The lowest BCUT2D eigenvalue weighted by Crippen LogP contribution is -2.45. The smallest absolute Gasteiger partial charge is 0.221 e. The van der Waals surface area contributed by atoms with Crippen molar-refractivity contribution < 1.29 is 4.79 Å². The van der Waals surface area contributed by atoms with Crippen molar-refractivity contribution in [1.82, 2.24) is 10.6 Å². The van der Waals surface area contributed by atoms with E-state index in [0.717, 1.165) is 18.9 Å². The van der Waals surface area contributed by atoms with Crippen molar-refractivity contribution in [3.05, 3.63) is 0 Å². The minimum absolute atomic E-state index is 0.176. The highest BCUT2D eigenvalue weighted by Gasteiger charge is 2.33. The number of rotatable bonds is 6. The summed E-state index contributed by atoms with van der Waals surface area (Å²) in [5.74, 6) is 0.906. The molecule has 118 valence electrons. The zero-order valence-electron chi connectivity index (χ0n) is 14.1. The Labute approximate surface area is 125 Å². The fourth-order valence-electron chi connectivity index (χ4n) is 3.23. The van der Waals surface area contributed by atoms with Crippen LogP contribution in [0.1, 0.15) is 73.1 Å². The van der Waals surface area contributed by atoms with Crippen molar-refractivity contribution in [2.45, 2.75) is 85.2 Å². The maximum atomic E-state index is 11.8. The summed E-state index contributed by atoms with van der Waals surface area (Å²) in [5, 5.41) is 6.67. The van der Waals surface area contributed by atoms with Crippen molar-refractivity contribution >= 4 is 5.91 Å². The summed E-state index contributed by atoms with van der Waals surface area (Å²) >= 11 is 0. The van der Waals surface area contributed by atoms with E-state index in [9.17, 15) is 4.79 Å². The van der Waals surface area contributed by atoms with E-state index in [-0.39, 0.29) is 5.91 Å². The van der Waals surface area contributed by atoms with Gasteiger partial charge in [-0.2, -0.15) is 0 Å². The van der Waals surface area contributed by atoms with Gasteiger partial charge in [0.15, 0.2) is 0 Å². The van der Waals surface area contributed by atoms with E-state index in [1.54, 1.807) is 0 Å². The lowest BCUT2D eigenvalue weighted by molar-refractivity contribution is -0.121. The second-order valence-corrected chi connectivity index (χ2v) is 7.44. The minimum Gasteiger partial charge on any atom is -0.354 e. The van der Waals surface area contributed by atoms with Gasteiger partial charge >= 0.3 is 0 Å². The molecule has 0 heterocycles. The van der Waals surface area contributed by atoms with E-state index in [4.69, 9.17) is 0 Å². The van der Waals surface area contributed by atoms with Gasteiger partial charge < -0.3 is 10.6 Å². The van der Waals surface area contributed by atoms with Crippen LogP contribution in [0.5, 0.6) is 0 Å². The maximum absolute atomic E-state index is 11.8. The highest BCUT2D eigenvalue weighted by Crippen LogP contribution is 2.37. The average Bonchev–Trinajstić information content (AvgIpc) is 2.38. The number of carbonyl (C=O) groups is 1. The average molecular weight is 282 g/mol. The fourth-order valence-corrected chi connectivity index (χ4v) is 3.23. The van der Waals surface area contributed by atoms with Gasteiger partial charge in [0.2, 0.25) is 5.91 Å². The van der Waals surface area contributed by atoms with Gasteiger partial charge in [-0.15, -0.1) is 0 Å². The molecule has 20 heavy (non-hydrogen) atoms. The van der Waals surface area contributed by atoms with Gasteiger partial charge in [-0.3, -0.25) is 4.79 Å². The van der Waals surface area contributed by atoms with Gasteiger partial charge in [0.05, 0.1) is 0 Å². The number of nitrogens with one attached hydrogen (secondary N) is 2. The number of amides is 1. The third-order valence-corrected chi connectivity index (χ3v) is 4.66. The zero-order chi connectivity index (χ0) is 15.2. The second-order valence-electron chi connectivity index (χ2n) is 7.44. The van der Waals surface area contributed by atoms with Gasteiger partial charge in [0, 0.05) is 25.0 Å². The Kier molecular flexibility index (Phi) is 7.01. The molecule has 0 bridgehead atoms. The normalized spacial score (nSPS) is 25.2. The van der Waals surface area contributed by atoms with E-state index in [0.29, 0.717) is 23.9 Å². The summed E-state index contributed by atoms with van der Waals surface area (Å²) in [7, 11) is 0. The van der Waals surface area contributed by atoms with Crippen molar-refractivity contribution in [2.24, 2.45) is 11.3 Å². The molecule has 2 N–H and O–H groups in total. The largest absolute Gasteiger partial charge is 0.354 e. The SMILES string of the molecule is CCC(C)NC(=O)CCNC1CCCCC1C(C)(C)C. The molecule has 0 spiro atoms. The summed E-state index contributed by atoms with van der Waals surface area (Å²) in [6.45, 7) is 12.0. The Morgan fingerprint density at radius 2 is 1.90 bits per heavy atom. The van der Waals surface area contributed by atoms with Crippen molar-refractivity contribution in [3.63, 3.8) is 0 Å². The molecular weight excluding hydrogens is 248 g/mol. The van der Waals surface area contributed by atoms with E-state index in [1.807, 2.05) is 0 Å². The first-order valence-corrected chi connectivity index (χ1v) is 8.37. The third kappa shape index (κ3) is 5.82. The first-order chi connectivity index (χ1) is 9.34.